The first-order chi connectivity index (χ1) is 11.7. The van der Waals surface area contributed by atoms with Gasteiger partial charge in [-0.25, -0.2) is 9.97 Å². The number of benzene rings is 3. The van der Waals surface area contributed by atoms with E-state index >= 15 is 0 Å². The molecule has 0 bridgehead atoms. The Morgan fingerprint density at radius 3 is 1.29 bits per heavy atom. The predicted octanol–water partition coefficient (Wildman–Crippen LogP) is 6.27. The molecule has 0 unspecified atom stereocenters. The number of hydrogen-bond donors (Lipinski definition) is 0. The minimum Gasteiger partial charge on any atom is -0.244 e. The summed E-state index contributed by atoms with van der Waals surface area (Å²) >= 11 is 12.8. The van der Waals surface area contributed by atoms with Gasteiger partial charge in [-0.2, -0.15) is 0 Å². The minimum absolute atomic E-state index is 0.635. The fourth-order valence-corrected chi connectivity index (χ4v) is 3.13. The van der Waals surface area contributed by atoms with Crippen LogP contribution in [-0.2, 0) is 0 Å². The highest BCUT2D eigenvalue weighted by atomic mass is 35.5. The largest absolute Gasteiger partial charge is 0.244 e. The lowest BCUT2D eigenvalue weighted by Gasteiger charge is -2.12. The van der Waals surface area contributed by atoms with Crippen molar-refractivity contribution in [2.24, 2.45) is 0 Å². The van der Waals surface area contributed by atoms with Crippen LogP contribution in [0.25, 0.3) is 33.5 Å². The third-order valence-corrected chi connectivity index (χ3v) is 4.49. The molecular formula is C20H12Cl2N2. The summed E-state index contributed by atoms with van der Waals surface area (Å²) in [5.74, 6) is 0. The smallest absolute Gasteiger partial charge is 0.0988 e. The number of para-hydroxylation sites is 2. The Hall–Kier alpha value is -2.42. The maximum Gasteiger partial charge on any atom is 0.0988 e. The van der Waals surface area contributed by atoms with Gasteiger partial charge in [-0.1, -0.05) is 71.7 Å². The maximum absolute atomic E-state index is 6.41. The zero-order chi connectivity index (χ0) is 16.5. The summed E-state index contributed by atoms with van der Waals surface area (Å²) in [5, 5.41) is 1.27. The normalized spacial score (nSPS) is 10.9. The van der Waals surface area contributed by atoms with Crippen LogP contribution in [0.5, 0.6) is 0 Å². The lowest BCUT2D eigenvalue weighted by Crippen LogP contribution is -1.96. The molecule has 116 valence electrons. The Labute approximate surface area is 149 Å². The van der Waals surface area contributed by atoms with Gasteiger partial charge in [0.05, 0.1) is 32.5 Å². The van der Waals surface area contributed by atoms with Crippen molar-refractivity contribution in [3.63, 3.8) is 0 Å². The second-order valence-corrected chi connectivity index (χ2v) is 6.18. The van der Waals surface area contributed by atoms with E-state index in [0.29, 0.717) is 10.0 Å². The standard InChI is InChI=1S/C20H12Cl2N2/c21-15-9-3-1-7-13(15)19-20(14-8-2-4-10-16(14)22)24-18-12-6-5-11-17(18)23-19/h1-12H. The second kappa shape index (κ2) is 6.23. The van der Waals surface area contributed by atoms with Gasteiger partial charge in [0, 0.05) is 11.1 Å². The molecule has 0 aliphatic rings. The van der Waals surface area contributed by atoms with Crippen LogP contribution in [0.4, 0.5) is 0 Å². The van der Waals surface area contributed by atoms with Gasteiger partial charge in [0.2, 0.25) is 0 Å². The topological polar surface area (TPSA) is 25.8 Å². The van der Waals surface area contributed by atoms with Crippen LogP contribution < -0.4 is 0 Å². The molecule has 4 aromatic rings. The van der Waals surface area contributed by atoms with E-state index in [2.05, 4.69) is 0 Å². The van der Waals surface area contributed by atoms with Gasteiger partial charge in [-0.3, -0.25) is 0 Å². The van der Waals surface area contributed by atoms with Gasteiger partial charge >= 0.3 is 0 Å². The third kappa shape index (κ3) is 2.64. The van der Waals surface area contributed by atoms with E-state index in [1.165, 1.54) is 0 Å². The molecule has 3 aromatic carbocycles. The molecule has 0 radical (unpaired) electrons. The van der Waals surface area contributed by atoms with Crippen molar-refractivity contribution in [3.8, 4) is 22.5 Å². The zero-order valence-electron chi connectivity index (χ0n) is 12.6. The average molecular weight is 351 g/mol. The summed E-state index contributed by atoms with van der Waals surface area (Å²) in [4.78, 5) is 9.64. The van der Waals surface area contributed by atoms with Gasteiger partial charge < -0.3 is 0 Å². The maximum atomic E-state index is 6.41. The average Bonchev–Trinajstić information content (AvgIpc) is 2.62. The molecule has 0 N–H and O–H groups in total. The molecule has 4 heteroatoms. The van der Waals surface area contributed by atoms with Crippen LogP contribution >= 0.6 is 23.2 Å². The van der Waals surface area contributed by atoms with Gasteiger partial charge in [0.25, 0.3) is 0 Å². The molecule has 0 amide bonds. The summed E-state index contributed by atoms with van der Waals surface area (Å²) in [7, 11) is 0. The summed E-state index contributed by atoms with van der Waals surface area (Å²) in [5.41, 5.74) is 4.78. The van der Waals surface area contributed by atoms with Gasteiger partial charge in [0.15, 0.2) is 0 Å². The number of hydrogen-bond acceptors (Lipinski definition) is 2. The van der Waals surface area contributed by atoms with Crippen molar-refractivity contribution < 1.29 is 0 Å². The van der Waals surface area contributed by atoms with Crippen molar-refractivity contribution >= 4 is 34.2 Å². The van der Waals surface area contributed by atoms with E-state index in [1.807, 2.05) is 72.8 Å². The summed E-state index contributed by atoms with van der Waals surface area (Å²) in [6.45, 7) is 0. The molecule has 0 saturated carbocycles. The molecule has 4 rings (SSSR count). The van der Waals surface area contributed by atoms with E-state index in [9.17, 15) is 0 Å². The van der Waals surface area contributed by atoms with Crippen LogP contribution in [-0.4, -0.2) is 9.97 Å². The quantitative estimate of drug-likeness (QED) is 0.425. The Morgan fingerprint density at radius 1 is 0.500 bits per heavy atom. The van der Waals surface area contributed by atoms with Gasteiger partial charge in [-0.15, -0.1) is 0 Å². The molecule has 1 aromatic heterocycles. The van der Waals surface area contributed by atoms with Gasteiger partial charge in [-0.05, 0) is 24.3 Å². The van der Waals surface area contributed by atoms with Crippen LogP contribution in [0.2, 0.25) is 10.0 Å². The van der Waals surface area contributed by atoms with Crippen LogP contribution in [0.15, 0.2) is 72.8 Å². The number of fused-ring (bicyclic) bond motifs is 1. The Morgan fingerprint density at radius 2 is 0.875 bits per heavy atom. The zero-order valence-corrected chi connectivity index (χ0v) is 14.1. The number of rotatable bonds is 2. The molecular weight excluding hydrogens is 339 g/mol. The van der Waals surface area contributed by atoms with E-state index in [4.69, 9.17) is 33.2 Å². The molecule has 0 saturated heterocycles. The minimum atomic E-state index is 0.635. The number of nitrogens with zero attached hydrogens (tertiary/aromatic N) is 2. The fourth-order valence-electron chi connectivity index (χ4n) is 2.68. The first-order valence-electron chi connectivity index (χ1n) is 7.50. The lowest BCUT2D eigenvalue weighted by molar-refractivity contribution is 1.29. The van der Waals surface area contributed by atoms with Crippen LogP contribution in [0, 0.1) is 0 Å². The van der Waals surface area contributed by atoms with Crippen molar-refractivity contribution in [2.45, 2.75) is 0 Å². The molecule has 0 spiro atoms. The highest BCUT2D eigenvalue weighted by molar-refractivity contribution is 6.34. The molecule has 1 heterocycles. The lowest BCUT2D eigenvalue weighted by atomic mass is 10.0. The molecule has 0 aliphatic carbocycles. The summed E-state index contributed by atoms with van der Waals surface area (Å²) in [6.07, 6.45) is 0. The Bertz CT molecular complexity index is 960. The summed E-state index contributed by atoms with van der Waals surface area (Å²) < 4.78 is 0. The van der Waals surface area contributed by atoms with E-state index in [-0.39, 0.29) is 0 Å². The van der Waals surface area contributed by atoms with E-state index in [0.717, 1.165) is 33.5 Å². The number of aromatic nitrogens is 2. The second-order valence-electron chi connectivity index (χ2n) is 5.37. The van der Waals surface area contributed by atoms with E-state index < -0.39 is 0 Å². The molecule has 2 nitrogen and oxygen atoms in total. The molecule has 0 atom stereocenters. The summed E-state index contributed by atoms with van der Waals surface area (Å²) in [6, 6.07) is 23.0. The van der Waals surface area contributed by atoms with Crippen molar-refractivity contribution in [2.75, 3.05) is 0 Å². The Balaban J connectivity index is 2.09. The highest BCUT2D eigenvalue weighted by Gasteiger charge is 2.16. The SMILES string of the molecule is Clc1ccccc1-c1nc2ccccc2nc1-c1ccccc1Cl. The first-order valence-corrected chi connectivity index (χ1v) is 8.26. The first kappa shape index (κ1) is 15.1. The Kier molecular flexibility index (Phi) is 3.93. The number of halogens is 2. The molecule has 24 heavy (non-hydrogen) atoms. The highest BCUT2D eigenvalue weighted by Crippen LogP contribution is 2.37. The van der Waals surface area contributed by atoms with Crippen molar-refractivity contribution in [3.05, 3.63) is 82.8 Å². The third-order valence-electron chi connectivity index (χ3n) is 3.83. The fraction of sp³-hybridized carbons (Fsp3) is 0. The van der Waals surface area contributed by atoms with E-state index in [1.54, 1.807) is 0 Å². The van der Waals surface area contributed by atoms with Crippen molar-refractivity contribution in [1.29, 1.82) is 0 Å². The van der Waals surface area contributed by atoms with Crippen LogP contribution in [0.1, 0.15) is 0 Å². The van der Waals surface area contributed by atoms with Crippen molar-refractivity contribution in [1.82, 2.24) is 9.97 Å². The van der Waals surface area contributed by atoms with Gasteiger partial charge in [0.1, 0.15) is 0 Å². The molecule has 0 fully saturated rings. The molecule has 0 aliphatic heterocycles. The predicted molar refractivity (Wildman–Crippen MR) is 100 cm³/mol. The van der Waals surface area contributed by atoms with Crippen LogP contribution in [0.3, 0.4) is 0 Å². The monoisotopic (exact) mass is 350 g/mol.